The molecule has 8 heteroatoms. The van der Waals surface area contributed by atoms with Crippen molar-refractivity contribution in [2.45, 2.75) is 20.0 Å². The lowest BCUT2D eigenvalue weighted by atomic mass is 10.2. The SMILES string of the molecule is C/C=C/c1ccc(OCC(=O)O[C@@H](C)C(=O)Nc2ccc3c(c2)OCO3)c(OC)c1. The van der Waals surface area contributed by atoms with Gasteiger partial charge in [0, 0.05) is 11.8 Å². The van der Waals surface area contributed by atoms with Gasteiger partial charge in [-0.25, -0.2) is 4.79 Å². The van der Waals surface area contributed by atoms with Gasteiger partial charge in [-0.1, -0.05) is 18.2 Å². The molecule has 2 aromatic carbocycles. The Balaban J connectivity index is 1.51. The van der Waals surface area contributed by atoms with Crippen molar-refractivity contribution in [3.63, 3.8) is 0 Å². The molecule has 8 nitrogen and oxygen atoms in total. The topological polar surface area (TPSA) is 92.3 Å². The number of benzene rings is 2. The van der Waals surface area contributed by atoms with Gasteiger partial charge in [0.1, 0.15) is 0 Å². The van der Waals surface area contributed by atoms with Crippen LogP contribution < -0.4 is 24.3 Å². The van der Waals surface area contributed by atoms with Crippen LogP contribution in [0.25, 0.3) is 6.08 Å². The number of anilines is 1. The van der Waals surface area contributed by atoms with Gasteiger partial charge >= 0.3 is 5.97 Å². The van der Waals surface area contributed by atoms with E-state index in [-0.39, 0.29) is 13.4 Å². The molecule has 2 aromatic rings. The van der Waals surface area contributed by atoms with Crippen molar-refractivity contribution in [3.8, 4) is 23.0 Å². The van der Waals surface area contributed by atoms with Crippen molar-refractivity contribution in [3.05, 3.63) is 48.0 Å². The van der Waals surface area contributed by atoms with E-state index in [4.69, 9.17) is 23.7 Å². The predicted octanol–water partition coefficient (Wildman–Crippen LogP) is 3.41. The largest absolute Gasteiger partial charge is 0.493 e. The minimum Gasteiger partial charge on any atom is -0.493 e. The highest BCUT2D eigenvalue weighted by atomic mass is 16.7. The van der Waals surface area contributed by atoms with E-state index in [1.807, 2.05) is 25.1 Å². The molecule has 0 bridgehead atoms. The summed E-state index contributed by atoms with van der Waals surface area (Å²) < 4.78 is 26.4. The summed E-state index contributed by atoms with van der Waals surface area (Å²) in [6.45, 7) is 3.17. The second-order valence-electron chi connectivity index (χ2n) is 6.39. The highest BCUT2D eigenvalue weighted by Crippen LogP contribution is 2.34. The quantitative estimate of drug-likeness (QED) is 0.663. The molecule has 0 saturated heterocycles. The number of esters is 1. The Hall–Kier alpha value is -3.68. The fourth-order valence-electron chi connectivity index (χ4n) is 2.74. The maximum atomic E-state index is 12.3. The number of nitrogens with one attached hydrogen (secondary N) is 1. The van der Waals surface area contributed by atoms with Gasteiger partial charge in [0.15, 0.2) is 35.7 Å². The fourth-order valence-corrected chi connectivity index (χ4v) is 2.74. The van der Waals surface area contributed by atoms with E-state index in [2.05, 4.69) is 5.32 Å². The minimum atomic E-state index is -1.01. The molecule has 0 aliphatic carbocycles. The molecule has 1 atom stereocenters. The van der Waals surface area contributed by atoms with Crippen LogP contribution in [0.5, 0.6) is 23.0 Å². The van der Waals surface area contributed by atoms with Crippen molar-refractivity contribution >= 4 is 23.6 Å². The van der Waals surface area contributed by atoms with E-state index in [9.17, 15) is 9.59 Å². The van der Waals surface area contributed by atoms with Crippen LogP contribution in [0, 0.1) is 0 Å². The zero-order chi connectivity index (χ0) is 21.5. The van der Waals surface area contributed by atoms with Crippen LogP contribution in [0.4, 0.5) is 5.69 Å². The standard InChI is InChI=1S/C22H23NO7/c1-4-5-15-6-8-17(19(10-15)26-3)27-12-21(24)30-14(2)22(25)23-16-7-9-18-20(11-16)29-13-28-18/h4-11,14H,12-13H2,1-3H3,(H,23,25)/b5-4+/t14-/m0/s1. The number of fused-ring (bicyclic) bond motifs is 1. The second kappa shape index (κ2) is 9.69. The molecule has 1 heterocycles. The Bertz CT molecular complexity index is 954. The maximum absolute atomic E-state index is 12.3. The number of hydrogen-bond acceptors (Lipinski definition) is 7. The first-order valence-electron chi connectivity index (χ1n) is 9.33. The number of hydrogen-bond donors (Lipinski definition) is 1. The van der Waals surface area contributed by atoms with Crippen molar-refractivity contribution < 1.29 is 33.3 Å². The molecular weight excluding hydrogens is 390 g/mol. The number of methoxy groups -OCH3 is 1. The number of amides is 1. The Morgan fingerprint density at radius 3 is 2.70 bits per heavy atom. The van der Waals surface area contributed by atoms with Crippen molar-refractivity contribution in [2.75, 3.05) is 25.8 Å². The summed E-state index contributed by atoms with van der Waals surface area (Å²) >= 11 is 0. The van der Waals surface area contributed by atoms with E-state index in [1.54, 1.807) is 30.3 Å². The van der Waals surface area contributed by atoms with Gasteiger partial charge in [0.05, 0.1) is 7.11 Å². The van der Waals surface area contributed by atoms with E-state index < -0.39 is 18.0 Å². The number of allylic oxidation sites excluding steroid dienone is 1. The zero-order valence-corrected chi connectivity index (χ0v) is 17.0. The second-order valence-corrected chi connectivity index (χ2v) is 6.39. The molecule has 0 unspecified atom stereocenters. The third-order valence-electron chi connectivity index (χ3n) is 4.21. The van der Waals surface area contributed by atoms with E-state index in [0.29, 0.717) is 28.7 Å². The van der Waals surface area contributed by atoms with Gasteiger partial charge in [-0.2, -0.15) is 0 Å². The monoisotopic (exact) mass is 413 g/mol. The lowest BCUT2D eigenvalue weighted by molar-refractivity contribution is -0.155. The molecule has 0 spiro atoms. The average Bonchev–Trinajstić information content (AvgIpc) is 3.20. The van der Waals surface area contributed by atoms with Crippen LogP contribution in [0.2, 0.25) is 0 Å². The van der Waals surface area contributed by atoms with Gasteiger partial charge in [-0.05, 0) is 43.7 Å². The van der Waals surface area contributed by atoms with E-state index in [1.165, 1.54) is 14.0 Å². The molecule has 1 N–H and O–H groups in total. The first-order chi connectivity index (χ1) is 14.5. The molecule has 0 saturated carbocycles. The lowest BCUT2D eigenvalue weighted by Gasteiger charge is -2.15. The van der Waals surface area contributed by atoms with E-state index >= 15 is 0 Å². The minimum absolute atomic E-state index is 0.142. The number of carbonyl (C=O) groups excluding carboxylic acids is 2. The van der Waals surface area contributed by atoms with E-state index in [0.717, 1.165) is 5.56 Å². The molecule has 0 fully saturated rings. The lowest BCUT2D eigenvalue weighted by Crippen LogP contribution is -2.31. The van der Waals surface area contributed by atoms with Crippen LogP contribution in [0.3, 0.4) is 0 Å². The first-order valence-corrected chi connectivity index (χ1v) is 9.33. The van der Waals surface area contributed by atoms with Crippen molar-refractivity contribution in [2.24, 2.45) is 0 Å². The van der Waals surface area contributed by atoms with Crippen LogP contribution in [0.1, 0.15) is 19.4 Å². The van der Waals surface area contributed by atoms with Crippen LogP contribution >= 0.6 is 0 Å². The number of carbonyl (C=O) groups is 2. The Labute approximate surface area is 174 Å². The highest BCUT2D eigenvalue weighted by molar-refractivity contribution is 5.95. The molecule has 0 radical (unpaired) electrons. The van der Waals surface area contributed by atoms with Gasteiger partial charge < -0.3 is 29.0 Å². The average molecular weight is 413 g/mol. The normalized spacial score (nSPS) is 13.0. The van der Waals surface area contributed by atoms with Crippen molar-refractivity contribution in [1.82, 2.24) is 0 Å². The Kier molecular flexibility index (Phi) is 6.79. The van der Waals surface area contributed by atoms with Crippen LogP contribution in [-0.2, 0) is 14.3 Å². The summed E-state index contributed by atoms with van der Waals surface area (Å²) in [5, 5.41) is 2.67. The number of rotatable bonds is 8. The summed E-state index contributed by atoms with van der Waals surface area (Å²) in [4.78, 5) is 24.4. The zero-order valence-electron chi connectivity index (χ0n) is 17.0. The molecule has 30 heavy (non-hydrogen) atoms. The predicted molar refractivity (Wildman–Crippen MR) is 110 cm³/mol. The smallest absolute Gasteiger partial charge is 0.344 e. The van der Waals surface area contributed by atoms with Crippen LogP contribution in [0.15, 0.2) is 42.5 Å². The van der Waals surface area contributed by atoms with Crippen molar-refractivity contribution in [1.29, 1.82) is 0 Å². The summed E-state index contributed by atoms with van der Waals surface area (Å²) in [5.41, 5.74) is 1.45. The molecule has 0 aromatic heterocycles. The van der Waals surface area contributed by atoms with Gasteiger partial charge in [0.25, 0.3) is 5.91 Å². The molecule has 1 aliphatic heterocycles. The fraction of sp³-hybridized carbons (Fsp3) is 0.273. The maximum Gasteiger partial charge on any atom is 0.344 e. The molecule has 1 amide bonds. The van der Waals surface area contributed by atoms with Gasteiger partial charge in [-0.3, -0.25) is 4.79 Å². The molecule has 158 valence electrons. The van der Waals surface area contributed by atoms with Crippen LogP contribution in [-0.4, -0.2) is 38.5 Å². The number of ether oxygens (including phenoxy) is 5. The summed E-state index contributed by atoms with van der Waals surface area (Å²) in [7, 11) is 1.52. The third-order valence-corrected chi connectivity index (χ3v) is 4.21. The summed E-state index contributed by atoms with van der Waals surface area (Å²) in [5.74, 6) is 0.893. The molecular formula is C22H23NO7. The Morgan fingerprint density at radius 1 is 1.13 bits per heavy atom. The summed E-state index contributed by atoms with van der Waals surface area (Å²) in [6, 6.07) is 10.3. The summed E-state index contributed by atoms with van der Waals surface area (Å²) in [6.07, 6.45) is 2.81. The molecule has 3 rings (SSSR count). The van der Waals surface area contributed by atoms with Gasteiger partial charge in [-0.15, -0.1) is 0 Å². The first kappa shape index (κ1) is 21.0. The third kappa shape index (κ3) is 5.22. The van der Waals surface area contributed by atoms with Gasteiger partial charge in [0.2, 0.25) is 6.79 Å². The Morgan fingerprint density at radius 2 is 1.93 bits per heavy atom. The highest BCUT2D eigenvalue weighted by Gasteiger charge is 2.20. The molecule has 1 aliphatic rings.